The van der Waals surface area contributed by atoms with E-state index in [-0.39, 0.29) is 46.8 Å². The second-order valence-corrected chi connectivity index (χ2v) is 11.3. The largest absolute Gasteiger partial charge is 0.467 e. The van der Waals surface area contributed by atoms with Crippen LogP contribution in [-0.4, -0.2) is 80.4 Å². The van der Waals surface area contributed by atoms with E-state index in [0.717, 1.165) is 11.8 Å². The van der Waals surface area contributed by atoms with E-state index in [1.807, 2.05) is 40.7 Å². The Kier molecular flexibility index (Phi) is 7.43. The van der Waals surface area contributed by atoms with Crippen LogP contribution in [0.5, 0.6) is 6.01 Å². The number of hydrogen-bond acceptors (Lipinski definition) is 9. The van der Waals surface area contributed by atoms with Gasteiger partial charge in [-0.2, -0.15) is 4.98 Å². The number of hydrogen-bond donors (Lipinski definition) is 1. The molecule has 1 aromatic carbocycles. The number of aromatic nitrogens is 4. The highest BCUT2D eigenvalue weighted by Gasteiger charge is 2.36. The summed E-state index contributed by atoms with van der Waals surface area (Å²) in [5.74, 6) is -1.22. The average Bonchev–Trinajstić information content (AvgIpc) is 3.34. The van der Waals surface area contributed by atoms with E-state index in [0.29, 0.717) is 30.3 Å². The standard InChI is InChI=1S/C29H32FN7O5/c1-16-11-35(12-17(2)37(16)28(40)42-29(3,4)5)23-8-7-20(24-21(23)10-31-27(34-24)41-6)26(39)33-18-9-22(30)25-32-19(15-38)14-36(25)13-18/h7-10,13-17H,11-12H2,1-6H3,(H,33,39)/t16-,17+. The maximum atomic E-state index is 14.7. The van der Waals surface area contributed by atoms with E-state index >= 15 is 0 Å². The zero-order valence-electron chi connectivity index (χ0n) is 24.2. The summed E-state index contributed by atoms with van der Waals surface area (Å²) < 4.78 is 26.9. The maximum absolute atomic E-state index is 14.7. The minimum absolute atomic E-state index is 0.0300. The number of piperazine rings is 1. The Labute approximate surface area is 241 Å². The van der Waals surface area contributed by atoms with Crippen LogP contribution in [0.25, 0.3) is 16.6 Å². The number of aldehydes is 1. The van der Waals surface area contributed by atoms with Gasteiger partial charge in [0, 0.05) is 48.8 Å². The molecule has 12 nitrogen and oxygen atoms in total. The van der Waals surface area contributed by atoms with Gasteiger partial charge in [0.05, 0.1) is 36.0 Å². The van der Waals surface area contributed by atoms with Crippen molar-refractivity contribution in [1.29, 1.82) is 0 Å². The summed E-state index contributed by atoms with van der Waals surface area (Å²) in [5.41, 5.74) is 0.960. The minimum atomic E-state index is -0.695. The fourth-order valence-corrected chi connectivity index (χ4v) is 5.24. The lowest BCUT2D eigenvalue weighted by Gasteiger charge is -2.45. The molecule has 5 rings (SSSR count). The van der Waals surface area contributed by atoms with Crippen molar-refractivity contribution in [2.75, 3.05) is 30.4 Å². The predicted octanol–water partition coefficient (Wildman–Crippen LogP) is 4.32. The summed E-state index contributed by atoms with van der Waals surface area (Å²) in [4.78, 5) is 54.0. The van der Waals surface area contributed by atoms with Gasteiger partial charge in [-0.15, -0.1) is 0 Å². The lowest BCUT2D eigenvalue weighted by atomic mass is 10.0. The molecule has 0 unspecified atom stereocenters. The molecule has 0 spiro atoms. The van der Waals surface area contributed by atoms with Gasteiger partial charge in [0.2, 0.25) is 0 Å². The monoisotopic (exact) mass is 577 g/mol. The molecule has 4 heterocycles. The second-order valence-electron chi connectivity index (χ2n) is 11.3. The van der Waals surface area contributed by atoms with Crippen LogP contribution in [0.4, 0.5) is 20.6 Å². The lowest BCUT2D eigenvalue weighted by molar-refractivity contribution is 0.00566. The molecule has 3 aromatic heterocycles. The normalized spacial score (nSPS) is 17.4. The number of nitrogens with one attached hydrogen (secondary N) is 1. The first-order valence-corrected chi connectivity index (χ1v) is 13.4. The smallest absolute Gasteiger partial charge is 0.410 e. The van der Waals surface area contributed by atoms with Crippen molar-refractivity contribution >= 4 is 46.2 Å². The fraction of sp³-hybridized carbons (Fsp3) is 0.379. The first kappa shape index (κ1) is 28.7. The molecule has 4 aromatic rings. The molecule has 0 radical (unpaired) electrons. The van der Waals surface area contributed by atoms with Crippen LogP contribution in [0.15, 0.2) is 36.8 Å². The van der Waals surface area contributed by atoms with Crippen LogP contribution in [0.3, 0.4) is 0 Å². The first-order valence-electron chi connectivity index (χ1n) is 13.4. The Balaban J connectivity index is 1.46. The summed E-state index contributed by atoms with van der Waals surface area (Å²) in [5, 5.41) is 3.32. The van der Waals surface area contributed by atoms with E-state index in [1.165, 1.54) is 23.9 Å². The quantitative estimate of drug-likeness (QED) is 0.345. The number of nitrogens with zero attached hydrogens (tertiary/aromatic N) is 6. The number of amides is 2. The van der Waals surface area contributed by atoms with Gasteiger partial charge in [0.25, 0.3) is 5.91 Å². The molecule has 2 amide bonds. The lowest BCUT2D eigenvalue weighted by Crippen LogP contribution is -2.59. The van der Waals surface area contributed by atoms with Crippen molar-refractivity contribution < 1.29 is 28.2 Å². The van der Waals surface area contributed by atoms with Gasteiger partial charge in [-0.3, -0.25) is 14.5 Å². The molecule has 1 N–H and O–H groups in total. The van der Waals surface area contributed by atoms with Gasteiger partial charge in [0.1, 0.15) is 11.3 Å². The molecular weight excluding hydrogens is 545 g/mol. The van der Waals surface area contributed by atoms with Gasteiger partial charge in [-0.1, -0.05) is 0 Å². The minimum Gasteiger partial charge on any atom is -0.467 e. The second kappa shape index (κ2) is 10.9. The predicted molar refractivity (Wildman–Crippen MR) is 154 cm³/mol. The third-order valence-electron chi connectivity index (χ3n) is 6.90. The molecule has 220 valence electrons. The van der Waals surface area contributed by atoms with Crippen LogP contribution in [0.1, 0.15) is 55.5 Å². The molecule has 1 aliphatic rings. The van der Waals surface area contributed by atoms with E-state index in [1.54, 1.807) is 17.2 Å². The number of carbonyl (C=O) groups excluding carboxylic acids is 3. The Morgan fingerprint density at radius 3 is 2.48 bits per heavy atom. The van der Waals surface area contributed by atoms with Gasteiger partial charge < -0.3 is 24.1 Å². The molecule has 0 saturated carbocycles. The number of halogens is 1. The van der Waals surface area contributed by atoms with E-state index in [9.17, 15) is 18.8 Å². The number of imidazole rings is 1. The zero-order valence-corrected chi connectivity index (χ0v) is 24.2. The molecule has 1 saturated heterocycles. The number of rotatable bonds is 5. The average molecular weight is 578 g/mol. The van der Waals surface area contributed by atoms with Crippen LogP contribution in [0, 0.1) is 5.82 Å². The van der Waals surface area contributed by atoms with Crippen LogP contribution in [0.2, 0.25) is 0 Å². The van der Waals surface area contributed by atoms with Crippen molar-refractivity contribution in [3.8, 4) is 6.01 Å². The molecule has 2 atom stereocenters. The number of anilines is 2. The molecule has 0 bridgehead atoms. The number of ether oxygens (including phenoxy) is 2. The summed E-state index contributed by atoms with van der Waals surface area (Å²) in [6.07, 6.45) is 4.59. The number of benzene rings is 1. The van der Waals surface area contributed by atoms with Crippen molar-refractivity contribution in [1.82, 2.24) is 24.3 Å². The number of fused-ring (bicyclic) bond motifs is 2. The van der Waals surface area contributed by atoms with Crippen molar-refractivity contribution in [2.24, 2.45) is 0 Å². The number of methoxy groups -OCH3 is 1. The number of carbonyl (C=O) groups is 3. The van der Waals surface area contributed by atoms with Crippen LogP contribution >= 0.6 is 0 Å². The maximum Gasteiger partial charge on any atom is 0.410 e. The zero-order chi connectivity index (χ0) is 30.3. The highest BCUT2D eigenvalue weighted by atomic mass is 19.1. The Bertz CT molecular complexity index is 1690. The molecule has 42 heavy (non-hydrogen) atoms. The molecule has 1 fully saturated rings. The van der Waals surface area contributed by atoms with E-state index in [2.05, 4.69) is 25.2 Å². The molecular formula is C29H32FN7O5. The summed E-state index contributed by atoms with van der Waals surface area (Å²) >= 11 is 0. The van der Waals surface area contributed by atoms with Gasteiger partial charge in [-0.05, 0) is 46.8 Å². The topological polar surface area (TPSA) is 131 Å². The van der Waals surface area contributed by atoms with Crippen LogP contribution in [-0.2, 0) is 4.74 Å². The van der Waals surface area contributed by atoms with Crippen LogP contribution < -0.4 is 15.0 Å². The van der Waals surface area contributed by atoms with Crippen molar-refractivity contribution in [2.45, 2.75) is 52.3 Å². The highest BCUT2D eigenvalue weighted by Crippen LogP contribution is 2.33. The van der Waals surface area contributed by atoms with E-state index < -0.39 is 17.3 Å². The van der Waals surface area contributed by atoms with E-state index in [4.69, 9.17) is 9.47 Å². The van der Waals surface area contributed by atoms with Crippen molar-refractivity contribution in [3.05, 3.63) is 53.9 Å². The summed E-state index contributed by atoms with van der Waals surface area (Å²) in [7, 11) is 1.43. The highest BCUT2D eigenvalue weighted by molar-refractivity contribution is 6.13. The fourth-order valence-electron chi connectivity index (χ4n) is 5.24. The molecule has 0 aliphatic carbocycles. The molecule has 13 heteroatoms. The summed E-state index contributed by atoms with van der Waals surface area (Å²) in [6.45, 7) is 10.5. The Morgan fingerprint density at radius 1 is 1.12 bits per heavy atom. The van der Waals surface area contributed by atoms with Crippen molar-refractivity contribution in [3.63, 3.8) is 0 Å². The summed E-state index contributed by atoms with van der Waals surface area (Å²) in [6, 6.07) is 4.35. The van der Waals surface area contributed by atoms with Gasteiger partial charge in [0.15, 0.2) is 17.8 Å². The third kappa shape index (κ3) is 5.54. The Morgan fingerprint density at radius 2 is 1.83 bits per heavy atom. The van der Waals surface area contributed by atoms with Gasteiger partial charge >= 0.3 is 12.1 Å². The molecule has 1 aliphatic heterocycles. The third-order valence-corrected chi connectivity index (χ3v) is 6.90. The first-order chi connectivity index (χ1) is 19.9. The Hall–Kier alpha value is -4.81. The van der Waals surface area contributed by atoms with Gasteiger partial charge in [-0.25, -0.2) is 19.2 Å². The SMILES string of the molecule is COc1ncc2c(N3C[C@@H](C)N(C(=O)OC(C)(C)C)[C@@H](C)C3)ccc(C(=O)Nc3cc(F)c4nc(C=O)cn4c3)c2n1. The number of pyridine rings is 1.